The number of aliphatic hydroxyl groups excluding tert-OH is 1. The largest absolute Gasteiger partial charge is 0.396 e. The third kappa shape index (κ3) is 4.82. The predicted octanol–water partition coefficient (Wildman–Crippen LogP) is 2.45. The molecule has 0 unspecified atom stereocenters. The average molecular weight is 218 g/mol. The Bertz CT molecular complexity index is 362. The van der Waals surface area contributed by atoms with Crippen molar-refractivity contribution in [1.29, 1.82) is 0 Å². The molecule has 0 amide bonds. The number of aliphatic hydroxyl groups is 1. The second kappa shape index (κ2) is 5.15. The van der Waals surface area contributed by atoms with E-state index in [0.717, 1.165) is 17.5 Å². The lowest BCUT2D eigenvalue weighted by Gasteiger charge is -2.03. The minimum atomic E-state index is -1.27. The molecule has 0 aliphatic rings. The van der Waals surface area contributed by atoms with Crippen molar-refractivity contribution in [3.05, 3.63) is 35.4 Å². The summed E-state index contributed by atoms with van der Waals surface area (Å²) in [6.07, 6.45) is 0.724. The predicted molar refractivity (Wildman–Crippen MR) is 67.5 cm³/mol. The lowest BCUT2D eigenvalue weighted by atomic mass is 10.1. The lowest BCUT2D eigenvalue weighted by molar-refractivity contribution is 0.299. The minimum Gasteiger partial charge on any atom is -0.396 e. The van der Waals surface area contributed by atoms with E-state index >= 15 is 0 Å². The third-order valence-electron chi connectivity index (χ3n) is 1.94. The fourth-order valence-corrected chi connectivity index (χ4v) is 1.66. The maximum absolute atomic E-state index is 8.78. The Balaban J connectivity index is 2.75. The Morgan fingerprint density at radius 1 is 1.13 bits per heavy atom. The van der Waals surface area contributed by atoms with Crippen LogP contribution in [0.5, 0.6) is 0 Å². The monoisotopic (exact) mass is 218 g/mol. The summed E-state index contributed by atoms with van der Waals surface area (Å²) in [6.45, 7) is 6.92. The first-order valence-electron chi connectivity index (χ1n) is 5.24. The number of hydrogen-bond donors (Lipinski definition) is 1. The summed E-state index contributed by atoms with van der Waals surface area (Å²) in [7, 11) is -1.27. The van der Waals surface area contributed by atoms with Crippen molar-refractivity contribution in [3.8, 4) is 11.5 Å². The lowest BCUT2D eigenvalue weighted by Crippen LogP contribution is -2.16. The van der Waals surface area contributed by atoms with Crippen LogP contribution in [-0.2, 0) is 6.42 Å². The van der Waals surface area contributed by atoms with Gasteiger partial charge in [-0.05, 0) is 24.1 Å². The van der Waals surface area contributed by atoms with E-state index in [0.29, 0.717) is 0 Å². The van der Waals surface area contributed by atoms with Crippen molar-refractivity contribution in [2.24, 2.45) is 0 Å². The molecular weight excluding hydrogens is 200 g/mol. The summed E-state index contributed by atoms with van der Waals surface area (Å²) in [5.74, 6) is 3.20. The molecule has 1 rings (SSSR count). The van der Waals surface area contributed by atoms with E-state index in [1.54, 1.807) is 0 Å². The zero-order valence-corrected chi connectivity index (χ0v) is 10.7. The van der Waals surface area contributed by atoms with Gasteiger partial charge in [0.2, 0.25) is 0 Å². The van der Waals surface area contributed by atoms with Crippen molar-refractivity contribution in [1.82, 2.24) is 0 Å². The highest BCUT2D eigenvalue weighted by molar-refractivity contribution is 6.83. The van der Waals surface area contributed by atoms with Crippen LogP contribution in [0.1, 0.15) is 11.1 Å². The molecule has 0 saturated heterocycles. The van der Waals surface area contributed by atoms with Crippen molar-refractivity contribution < 1.29 is 5.11 Å². The van der Waals surface area contributed by atoms with E-state index in [1.807, 2.05) is 24.3 Å². The zero-order valence-electron chi connectivity index (χ0n) is 9.67. The zero-order chi connectivity index (χ0) is 11.3. The Hall–Kier alpha value is -1.04. The van der Waals surface area contributed by atoms with Crippen LogP contribution >= 0.6 is 0 Å². The molecule has 0 spiro atoms. The van der Waals surface area contributed by atoms with Crippen molar-refractivity contribution in [2.75, 3.05) is 6.61 Å². The van der Waals surface area contributed by atoms with Gasteiger partial charge < -0.3 is 5.11 Å². The molecule has 1 N–H and O–H groups in total. The van der Waals surface area contributed by atoms with Crippen LogP contribution in [0.4, 0.5) is 0 Å². The highest BCUT2D eigenvalue weighted by atomic mass is 28.3. The molecule has 80 valence electrons. The van der Waals surface area contributed by atoms with E-state index in [9.17, 15) is 0 Å². The maximum Gasteiger partial charge on any atom is 0.129 e. The first kappa shape index (κ1) is 12.0. The standard InChI is InChI=1S/C13H18OSi/c1-15(2,3)11-9-13-6-4-12(5-7-13)8-10-14/h4-7,14H,8,10H2,1-3H3. The smallest absolute Gasteiger partial charge is 0.129 e. The highest BCUT2D eigenvalue weighted by Gasteiger charge is 2.07. The van der Waals surface area contributed by atoms with Crippen molar-refractivity contribution in [2.45, 2.75) is 26.1 Å². The highest BCUT2D eigenvalue weighted by Crippen LogP contribution is 2.05. The van der Waals surface area contributed by atoms with Gasteiger partial charge in [0.05, 0.1) is 0 Å². The number of hydrogen-bond acceptors (Lipinski definition) is 1. The molecule has 0 atom stereocenters. The molecule has 0 aromatic heterocycles. The SMILES string of the molecule is C[Si](C)(C)C#Cc1ccc(CCO)cc1. The van der Waals surface area contributed by atoms with Gasteiger partial charge in [0.25, 0.3) is 0 Å². The van der Waals surface area contributed by atoms with Gasteiger partial charge >= 0.3 is 0 Å². The molecule has 0 saturated carbocycles. The van der Waals surface area contributed by atoms with Gasteiger partial charge in [0, 0.05) is 12.2 Å². The Morgan fingerprint density at radius 2 is 1.73 bits per heavy atom. The molecule has 2 heteroatoms. The summed E-state index contributed by atoms with van der Waals surface area (Å²) in [5, 5.41) is 8.78. The molecule has 0 heterocycles. The molecule has 1 aromatic carbocycles. The average Bonchev–Trinajstić information content (AvgIpc) is 2.16. The second-order valence-corrected chi connectivity index (χ2v) is 9.42. The molecule has 0 radical (unpaired) electrons. The summed E-state index contributed by atoms with van der Waals surface area (Å²) in [6, 6.07) is 8.12. The topological polar surface area (TPSA) is 20.2 Å². The summed E-state index contributed by atoms with van der Waals surface area (Å²) in [5.41, 5.74) is 5.56. The Labute approximate surface area is 93.2 Å². The molecule has 1 aromatic rings. The molecule has 15 heavy (non-hydrogen) atoms. The van der Waals surface area contributed by atoms with E-state index < -0.39 is 8.07 Å². The second-order valence-electron chi connectivity index (χ2n) is 4.67. The van der Waals surface area contributed by atoms with Crippen LogP contribution in [0.25, 0.3) is 0 Å². The van der Waals surface area contributed by atoms with E-state index in [-0.39, 0.29) is 6.61 Å². The van der Waals surface area contributed by atoms with Gasteiger partial charge in [-0.3, -0.25) is 0 Å². The third-order valence-corrected chi connectivity index (χ3v) is 2.81. The van der Waals surface area contributed by atoms with Gasteiger partial charge in [-0.1, -0.05) is 37.7 Å². The normalized spacial score (nSPS) is 10.7. The molecule has 0 fully saturated rings. The van der Waals surface area contributed by atoms with Crippen LogP contribution in [0.3, 0.4) is 0 Å². The quantitative estimate of drug-likeness (QED) is 0.597. The van der Waals surface area contributed by atoms with Crippen LogP contribution in [0.2, 0.25) is 19.6 Å². The van der Waals surface area contributed by atoms with E-state index in [2.05, 4.69) is 31.1 Å². The van der Waals surface area contributed by atoms with E-state index in [4.69, 9.17) is 5.11 Å². The molecule has 0 aliphatic heterocycles. The van der Waals surface area contributed by atoms with Gasteiger partial charge in [-0.2, -0.15) is 0 Å². The fourth-order valence-electron chi connectivity index (χ4n) is 1.14. The summed E-state index contributed by atoms with van der Waals surface area (Å²) in [4.78, 5) is 0. The first-order valence-corrected chi connectivity index (χ1v) is 8.74. The van der Waals surface area contributed by atoms with Crippen molar-refractivity contribution in [3.63, 3.8) is 0 Å². The number of benzene rings is 1. The van der Waals surface area contributed by atoms with E-state index in [1.165, 1.54) is 0 Å². The van der Waals surface area contributed by atoms with Gasteiger partial charge in [0.15, 0.2) is 0 Å². The van der Waals surface area contributed by atoms with Crippen LogP contribution in [0, 0.1) is 11.5 Å². The van der Waals surface area contributed by atoms with Crippen LogP contribution in [0.15, 0.2) is 24.3 Å². The van der Waals surface area contributed by atoms with Crippen LogP contribution in [-0.4, -0.2) is 19.8 Å². The fraction of sp³-hybridized carbons (Fsp3) is 0.385. The first-order chi connectivity index (χ1) is 7.01. The molecule has 1 nitrogen and oxygen atoms in total. The molecular formula is C13H18OSi. The van der Waals surface area contributed by atoms with Crippen molar-refractivity contribution >= 4 is 8.07 Å². The summed E-state index contributed by atoms with van der Waals surface area (Å²) >= 11 is 0. The van der Waals surface area contributed by atoms with Gasteiger partial charge in [0.1, 0.15) is 8.07 Å². The minimum absolute atomic E-state index is 0.208. The summed E-state index contributed by atoms with van der Waals surface area (Å²) < 4.78 is 0. The van der Waals surface area contributed by atoms with Gasteiger partial charge in [-0.15, -0.1) is 5.54 Å². The van der Waals surface area contributed by atoms with Crippen LogP contribution < -0.4 is 0 Å². The molecule has 0 aliphatic carbocycles. The Kier molecular flexibility index (Phi) is 4.13. The number of rotatable bonds is 2. The maximum atomic E-state index is 8.78. The molecule has 0 bridgehead atoms. The van der Waals surface area contributed by atoms with Gasteiger partial charge in [-0.25, -0.2) is 0 Å². The Morgan fingerprint density at radius 3 is 2.20 bits per heavy atom.